The fraction of sp³-hybridized carbons (Fsp3) is 0.714. The fourth-order valence-corrected chi connectivity index (χ4v) is 3.78. The second kappa shape index (κ2) is 6.91. The van der Waals surface area contributed by atoms with E-state index in [2.05, 4.69) is 10.0 Å². The molecule has 0 unspecified atom stereocenters. The maximum atomic E-state index is 12.2. The van der Waals surface area contributed by atoms with Crippen LogP contribution in [-0.2, 0) is 16.6 Å². The van der Waals surface area contributed by atoms with Gasteiger partial charge >= 0.3 is 0 Å². The van der Waals surface area contributed by atoms with Gasteiger partial charge in [0.1, 0.15) is 5.76 Å². The predicted molar refractivity (Wildman–Crippen MR) is 79.3 cm³/mol. The van der Waals surface area contributed by atoms with Crippen molar-refractivity contribution in [1.29, 1.82) is 0 Å². The summed E-state index contributed by atoms with van der Waals surface area (Å²) in [6.07, 6.45) is 3.79. The van der Waals surface area contributed by atoms with E-state index < -0.39 is 10.0 Å². The van der Waals surface area contributed by atoms with Gasteiger partial charge in [0, 0.05) is 18.6 Å². The molecule has 6 nitrogen and oxygen atoms in total. The fourth-order valence-electron chi connectivity index (χ4n) is 2.68. The molecular weight excluding hydrogens is 292 g/mol. The first-order valence-corrected chi connectivity index (χ1v) is 8.90. The average Bonchev–Trinajstić information content (AvgIpc) is 3.13. The highest BCUT2D eigenvalue weighted by Gasteiger charge is 2.34. The summed E-state index contributed by atoms with van der Waals surface area (Å²) in [6, 6.07) is 3.13. The summed E-state index contributed by atoms with van der Waals surface area (Å²) in [6.45, 7) is 3.54. The second-order valence-electron chi connectivity index (χ2n) is 5.69. The molecule has 1 saturated carbocycles. The first-order chi connectivity index (χ1) is 10.0. The number of aliphatic hydroxyl groups is 1. The van der Waals surface area contributed by atoms with Crippen molar-refractivity contribution in [3.8, 4) is 0 Å². The van der Waals surface area contributed by atoms with Gasteiger partial charge in [-0.15, -0.1) is 0 Å². The lowest BCUT2D eigenvalue weighted by molar-refractivity contribution is 0.134. The zero-order valence-electron chi connectivity index (χ0n) is 12.4. The molecule has 0 aliphatic heterocycles. The van der Waals surface area contributed by atoms with Crippen molar-refractivity contribution in [2.75, 3.05) is 19.7 Å². The number of rotatable bonds is 8. The van der Waals surface area contributed by atoms with Crippen molar-refractivity contribution in [3.05, 3.63) is 17.9 Å². The molecule has 0 spiro atoms. The van der Waals surface area contributed by atoms with Crippen molar-refractivity contribution < 1.29 is 17.9 Å². The summed E-state index contributed by atoms with van der Waals surface area (Å²) < 4.78 is 32.4. The third-order valence-electron chi connectivity index (χ3n) is 4.09. The van der Waals surface area contributed by atoms with E-state index in [1.165, 1.54) is 6.07 Å². The van der Waals surface area contributed by atoms with Crippen molar-refractivity contribution in [1.82, 2.24) is 10.0 Å². The molecule has 2 rings (SSSR count). The van der Waals surface area contributed by atoms with E-state index in [9.17, 15) is 13.5 Å². The molecule has 1 fully saturated rings. The average molecular weight is 316 g/mol. The summed E-state index contributed by atoms with van der Waals surface area (Å²) in [7, 11) is -3.66. The molecule has 0 bridgehead atoms. The van der Waals surface area contributed by atoms with Crippen molar-refractivity contribution in [3.63, 3.8) is 0 Å². The van der Waals surface area contributed by atoms with E-state index in [1.54, 1.807) is 6.07 Å². The molecule has 0 aromatic carbocycles. The highest BCUT2D eigenvalue weighted by Crippen LogP contribution is 2.37. The van der Waals surface area contributed by atoms with Gasteiger partial charge in [0.2, 0.25) is 5.09 Å². The normalized spacial score (nSPS) is 18.2. The summed E-state index contributed by atoms with van der Waals surface area (Å²) in [5.41, 5.74) is -0.313. The van der Waals surface area contributed by atoms with Crippen molar-refractivity contribution in [2.24, 2.45) is 5.41 Å². The Morgan fingerprint density at radius 3 is 2.67 bits per heavy atom. The van der Waals surface area contributed by atoms with Crippen molar-refractivity contribution in [2.45, 2.75) is 44.2 Å². The van der Waals surface area contributed by atoms with Gasteiger partial charge in [0.15, 0.2) is 0 Å². The minimum absolute atomic E-state index is 0.0132. The van der Waals surface area contributed by atoms with Gasteiger partial charge < -0.3 is 14.8 Å². The minimum Gasteiger partial charge on any atom is -0.447 e. The predicted octanol–water partition coefficient (Wildman–Crippen LogP) is 1.22. The lowest BCUT2D eigenvalue weighted by Gasteiger charge is -2.26. The number of nitrogens with one attached hydrogen (secondary N) is 2. The molecule has 0 amide bonds. The van der Waals surface area contributed by atoms with Crippen LogP contribution in [0.15, 0.2) is 21.6 Å². The van der Waals surface area contributed by atoms with E-state index in [-0.39, 0.29) is 23.7 Å². The highest BCUT2D eigenvalue weighted by molar-refractivity contribution is 7.89. The molecular formula is C14H24N2O4S. The Balaban J connectivity index is 1.99. The third kappa shape index (κ3) is 4.06. The topological polar surface area (TPSA) is 91.6 Å². The van der Waals surface area contributed by atoms with E-state index in [4.69, 9.17) is 4.42 Å². The Morgan fingerprint density at radius 2 is 2.05 bits per heavy atom. The molecule has 7 heteroatoms. The number of furan rings is 1. The van der Waals surface area contributed by atoms with Gasteiger partial charge in [0.25, 0.3) is 10.0 Å². The Hall–Kier alpha value is -0.890. The van der Waals surface area contributed by atoms with Gasteiger partial charge in [0.05, 0.1) is 6.54 Å². The quantitative estimate of drug-likeness (QED) is 0.671. The van der Waals surface area contributed by atoms with Crippen LogP contribution in [-0.4, -0.2) is 33.2 Å². The molecule has 3 N–H and O–H groups in total. The zero-order valence-corrected chi connectivity index (χ0v) is 13.2. The van der Waals surface area contributed by atoms with Crippen LogP contribution < -0.4 is 10.0 Å². The maximum Gasteiger partial charge on any atom is 0.273 e. The Labute approximate surface area is 126 Å². The molecule has 1 heterocycles. The van der Waals surface area contributed by atoms with Crippen LogP contribution in [0.2, 0.25) is 0 Å². The number of hydrogen-bond donors (Lipinski definition) is 3. The first kappa shape index (κ1) is 16.5. The standard InChI is InChI=1S/C14H24N2O4S/c1-2-15-9-12-5-6-13(20-12)21(18,19)16-10-14(11-17)7-3-4-8-14/h5-6,15-17H,2-4,7-11H2,1H3. The van der Waals surface area contributed by atoms with Gasteiger partial charge in [-0.2, -0.15) is 0 Å². The lowest BCUT2D eigenvalue weighted by Crippen LogP contribution is -2.38. The van der Waals surface area contributed by atoms with Gasteiger partial charge in [-0.3, -0.25) is 0 Å². The molecule has 1 aliphatic rings. The van der Waals surface area contributed by atoms with Crippen LogP contribution in [0, 0.1) is 5.41 Å². The largest absolute Gasteiger partial charge is 0.447 e. The monoisotopic (exact) mass is 316 g/mol. The highest BCUT2D eigenvalue weighted by atomic mass is 32.2. The second-order valence-corrected chi connectivity index (χ2v) is 7.39. The molecule has 0 saturated heterocycles. The van der Waals surface area contributed by atoms with Crippen LogP contribution in [0.3, 0.4) is 0 Å². The van der Waals surface area contributed by atoms with Crippen LogP contribution in [0.25, 0.3) is 0 Å². The third-order valence-corrected chi connectivity index (χ3v) is 5.36. The van der Waals surface area contributed by atoms with Crippen LogP contribution in [0.4, 0.5) is 0 Å². The summed E-state index contributed by atoms with van der Waals surface area (Å²) in [4.78, 5) is 0. The van der Waals surface area contributed by atoms with Gasteiger partial charge in [-0.05, 0) is 31.5 Å². The Bertz CT molecular complexity index is 547. The van der Waals surface area contributed by atoms with E-state index in [0.717, 1.165) is 32.2 Å². The van der Waals surface area contributed by atoms with E-state index in [1.807, 2.05) is 6.92 Å². The SMILES string of the molecule is CCNCc1ccc(S(=O)(=O)NCC2(CO)CCCC2)o1. The summed E-state index contributed by atoms with van der Waals surface area (Å²) >= 11 is 0. The van der Waals surface area contributed by atoms with E-state index >= 15 is 0 Å². The zero-order chi connectivity index (χ0) is 15.3. The number of aliphatic hydroxyl groups excluding tert-OH is 1. The Kier molecular flexibility index (Phi) is 5.43. The van der Waals surface area contributed by atoms with E-state index in [0.29, 0.717) is 12.3 Å². The lowest BCUT2D eigenvalue weighted by atomic mass is 9.88. The molecule has 1 aromatic heterocycles. The smallest absolute Gasteiger partial charge is 0.273 e. The van der Waals surface area contributed by atoms with Crippen LogP contribution in [0.1, 0.15) is 38.4 Å². The molecule has 0 atom stereocenters. The van der Waals surface area contributed by atoms with Crippen LogP contribution in [0.5, 0.6) is 0 Å². The van der Waals surface area contributed by atoms with Crippen LogP contribution >= 0.6 is 0 Å². The number of sulfonamides is 1. The van der Waals surface area contributed by atoms with Crippen molar-refractivity contribution >= 4 is 10.0 Å². The van der Waals surface area contributed by atoms with Gasteiger partial charge in [-0.1, -0.05) is 19.8 Å². The molecule has 1 aliphatic carbocycles. The molecule has 120 valence electrons. The molecule has 0 radical (unpaired) electrons. The molecule has 21 heavy (non-hydrogen) atoms. The maximum absolute atomic E-state index is 12.2. The van der Waals surface area contributed by atoms with Gasteiger partial charge in [-0.25, -0.2) is 13.1 Å². The molecule has 1 aromatic rings. The summed E-state index contributed by atoms with van der Waals surface area (Å²) in [5.74, 6) is 0.593. The summed E-state index contributed by atoms with van der Waals surface area (Å²) in [5, 5.41) is 12.5. The Morgan fingerprint density at radius 1 is 1.33 bits per heavy atom. The minimum atomic E-state index is -3.66. The first-order valence-electron chi connectivity index (χ1n) is 7.41. The number of hydrogen-bond acceptors (Lipinski definition) is 5.